The highest BCUT2D eigenvalue weighted by Crippen LogP contribution is 2.27. The second kappa shape index (κ2) is 6.64. The molecule has 1 fully saturated rings. The van der Waals surface area contributed by atoms with Crippen molar-refractivity contribution >= 4 is 15.7 Å². The predicted octanol–water partition coefficient (Wildman–Crippen LogP) is 1.32. The minimum absolute atomic E-state index is 0.203. The lowest BCUT2D eigenvalue weighted by molar-refractivity contribution is 0.181. The first-order valence-electron chi connectivity index (χ1n) is 7.00. The van der Waals surface area contributed by atoms with E-state index in [9.17, 15) is 8.42 Å². The fourth-order valence-corrected chi connectivity index (χ4v) is 3.95. The molecule has 0 amide bonds. The van der Waals surface area contributed by atoms with Crippen LogP contribution in [-0.4, -0.2) is 46.1 Å². The standard InChI is InChI=1S/C14H22N2O4S/c1-3-16(9-11-6-7-20-10-11)21(17,18)12-4-5-13(15)14(8-12)19-2/h4-5,8,11H,3,6-7,9-10,15H2,1-2H3. The van der Waals surface area contributed by atoms with E-state index in [1.54, 1.807) is 6.07 Å². The molecule has 2 N–H and O–H groups in total. The minimum atomic E-state index is -3.55. The molecule has 0 bridgehead atoms. The van der Waals surface area contributed by atoms with Crippen molar-refractivity contribution < 1.29 is 17.9 Å². The highest BCUT2D eigenvalue weighted by Gasteiger charge is 2.28. The van der Waals surface area contributed by atoms with Crippen molar-refractivity contribution in [1.29, 1.82) is 0 Å². The molecule has 1 aliphatic heterocycles. The summed E-state index contributed by atoms with van der Waals surface area (Å²) in [6.07, 6.45) is 0.900. The maximum Gasteiger partial charge on any atom is 0.243 e. The van der Waals surface area contributed by atoms with Crippen LogP contribution in [-0.2, 0) is 14.8 Å². The highest BCUT2D eigenvalue weighted by atomic mass is 32.2. The van der Waals surface area contributed by atoms with Gasteiger partial charge >= 0.3 is 0 Å². The third-order valence-electron chi connectivity index (χ3n) is 3.68. The van der Waals surface area contributed by atoms with Gasteiger partial charge in [0.25, 0.3) is 0 Å². The molecule has 0 aromatic heterocycles. The van der Waals surface area contributed by atoms with Gasteiger partial charge < -0.3 is 15.2 Å². The van der Waals surface area contributed by atoms with Crippen LogP contribution < -0.4 is 10.5 Å². The van der Waals surface area contributed by atoms with Gasteiger partial charge in [0, 0.05) is 25.8 Å². The summed E-state index contributed by atoms with van der Waals surface area (Å²) in [7, 11) is -2.08. The molecule has 7 heteroatoms. The Kier molecular flexibility index (Phi) is 5.08. The van der Waals surface area contributed by atoms with Gasteiger partial charge in [-0.25, -0.2) is 8.42 Å². The molecular weight excluding hydrogens is 292 g/mol. The Bertz CT molecular complexity index is 583. The summed E-state index contributed by atoms with van der Waals surface area (Å²) in [5.74, 6) is 0.631. The largest absolute Gasteiger partial charge is 0.495 e. The normalized spacial score (nSPS) is 19.1. The second-order valence-electron chi connectivity index (χ2n) is 5.09. The zero-order valence-corrected chi connectivity index (χ0v) is 13.2. The van der Waals surface area contributed by atoms with E-state index in [4.69, 9.17) is 15.2 Å². The number of methoxy groups -OCH3 is 1. The van der Waals surface area contributed by atoms with Crippen LogP contribution in [0.2, 0.25) is 0 Å². The van der Waals surface area contributed by atoms with E-state index < -0.39 is 10.0 Å². The number of nitrogen functional groups attached to an aromatic ring is 1. The third-order valence-corrected chi connectivity index (χ3v) is 5.62. The Morgan fingerprint density at radius 2 is 2.24 bits per heavy atom. The van der Waals surface area contributed by atoms with E-state index in [2.05, 4.69) is 0 Å². The first kappa shape index (κ1) is 16.1. The van der Waals surface area contributed by atoms with E-state index in [-0.39, 0.29) is 10.8 Å². The zero-order valence-electron chi connectivity index (χ0n) is 12.4. The summed E-state index contributed by atoms with van der Waals surface area (Å²) in [6.45, 7) is 4.06. The van der Waals surface area contributed by atoms with E-state index in [1.165, 1.54) is 23.5 Å². The Hall–Kier alpha value is -1.31. The minimum Gasteiger partial charge on any atom is -0.495 e. The molecule has 1 atom stereocenters. The third kappa shape index (κ3) is 3.48. The van der Waals surface area contributed by atoms with Gasteiger partial charge in [-0.1, -0.05) is 6.92 Å². The highest BCUT2D eigenvalue weighted by molar-refractivity contribution is 7.89. The zero-order chi connectivity index (χ0) is 15.5. The molecule has 0 radical (unpaired) electrons. The molecule has 1 aromatic carbocycles. The smallest absolute Gasteiger partial charge is 0.243 e. The fraction of sp³-hybridized carbons (Fsp3) is 0.571. The van der Waals surface area contributed by atoms with Gasteiger partial charge in [0.15, 0.2) is 0 Å². The Labute approximate surface area is 125 Å². The summed E-state index contributed by atoms with van der Waals surface area (Å²) in [5.41, 5.74) is 6.15. The number of anilines is 1. The molecule has 118 valence electrons. The first-order chi connectivity index (χ1) is 9.98. The van der Waals surface area contributed by atoms with Crippen LogP contribution in [0.15, 0.2) is 23.1 Å². The van der Waals surface area contributed by atoms with Crippen LogP contribution in [0.3, 0.4) is 0 Å². The van der Waals surface area contributed by atoms with Gasteiger partial charge in [-0.05, 0) is 24.5 Å². The summed E-state index contributed by atoms with van der Waals surface area (Å²) in [4.78, 5) is 0.203. The van der Waals surface area contributed by atoms with Crippen LogP contribution in [0.1, 0.15) is 13.3 Å². The quantitative estimate of drug-likeness (QED) is 0.801. The monoisotopic (exact) mass is 314 g/mol. The van der Waals surface area contributed by atoms with Crippen molar-refractivity contribution in [2.45, 2.75) is 18.2 Å². The van der Waals surface area contributed by atoms with Crippen molar-refractivity contribution in [3.8, 4) is 5.75 Å². The molecule has 21 heavy (non-hydrogen) atoms. The van der Waals surface area contributed by atoms with E-state index >= 15 is 0 Å². The molecule has 1 saturated heterocycles. The van der Waals surface area contributed by atoms with Crippen LogP contribution in [0.25, 0.3) is 0 Å². The fourth-order valence-electron chi connectivity index (χ4n) is 2.41. The van der Waals surface area contributed by atoms with Crippen molar-refractivity contribution in [1.82, 2.24) is 4.31 Å². The number of sulfonamides is 1. The summed E-state index contributed by atoms with van der Waals surface area (Å²) in [5, 5.41) is 0. The van der Waals surface area contributed by atoms with Crippen LogP contribution >= 0.6 is 0 Å². The van der Waals surface area contributed by atoms with Crippen LogP contribution in [0.5, 0.6) is 5.75 Å². The molecule has 1 unspecified atom stereocenters. The van der Waals surface area contributed by atoms with Crippen molar-refractivity contribution in [2.24, 2.45) is 5.92 Å². The van der Waals surface area contributed by atoms with Gasteiger partial charge in [-0.2, -0.15) is 4.31 Å². The Morgan fingerprint density at radius 1 is 1.48 bits per heavy atom. The van der Waals surface area contributed by atoms with Gasteiger partial charge in [0.1, 0.15) is 5.75 Å². The SMILES string of the molecule is CCN(CC1CCOC1)S(=O)(=O)c1ccc(N)c(OC)c1. The number of hydrogen-bond acceptors (Lipinski definition) is 5. The van der Waals surface area contributed by atoms with Crippen LogP contribution in [0, 0.1) is 5.92 Å². The summed E-state index contributed by atoms with van der Waals surface area (Å²) < 4.78 is 37.3. The van der Waals surface area contributed by atoms with Gasteiger partial charge in [0.2, 0.25) is 10.0 Å². The lowest BCUT2D eigenvalue weighted by Crippen LogP contribution is -2.35. The average molecular weight is 314 g/mol. The van der Waals surface area contributed by atoms with Gasteiger partial charge in [-0.3, -0.25) is 0 Å². The van der Waals surface area contributed by atoms with Crippen molar-refractivity contribution in [3.05, 3.63) is 18.2 Å². The van der Waals surface area contributed by atoms with E-state index in [1.807, 2.05) is 6.92 Å². The Balaban J connectivity index is 2.25. The molecule has 2 rings (SSSR count). The van der Waals surface area contributed by atoms with Crippen molar-refractivity contribution in [3.63, 3.8) is 0 Å². The lowest BCUT2D eigenvalue weighted by Gasteiger charge is -2.23. The number of ether oxygens (including phenoxy) is 2. The molecule has 1 heterocycles. The van der Waals surface area contributed by atoms with Gasteiger partial charge in [-0.15, -0.1) is 0 Å². The topological polar surface area (TPSA) is 81.9 Å². The average Bonchev–Trinajstić information content (AvgIpc) is 2.97. The number of nitrogens with two attached hydrogens (primary N) is 1. The molecule has 6 nitrogen and oxygen atoms in total. The van der Waals surface area contributed by atoms with Gasteiger partial charge in [0.05, 0.1) is 24.3 Å². The number of nitrogens with zero attached hydrogens (tertiary/aromatic N) is 1. The Morgan fingerprint density at radius 3 is 2.81 bits per heavy atom. The maximum atomic E-state index is 12.7. The maximum absolute atomic E-state index is 12.7. The second-order valence-corrected chi connectivity index (χ2v) is 7.03. The molecule has 0 spiro atoms. The van der Waals surface area contributed by atoms with Crippen molar-refractivity contribution in [2.75, 3.05) is 39.1 Å². The lowest BCUT2D eigenvalue weighted by atomic mass is 10.1. The molecule has 0 aliphatic carbocycles. The predicted molar refractivity (Wildman–Crippen MR) is 80.8 cm³/mol. The van der Waals surface area contributed by atoms with Crippen LogP contribution in [0.4, 0.5) is 5.69 Å². The molecule has 1 aromatic rings. The molecular formula is C14H22N2O4S. The van der Waals surface area contributed by atoms with E-state index in [0.29, 0.717) is 37.7 Å². The number of hydrogen-bond donors (Lipinski definition) is 1. The molecule has 0 saturated carbocycles. The summed E-state index contributed by atoms with van der Waals surface area (Å²) in [6, 6.07) is 4.54. The first-order valence-corrected chi connectivity index (χ1v) is 8.44. The van der Waals surface area contributed by atoms with E-state index in [0.717, 1.165) is 6.42 Å². The summed E-state index contributed by atoms with van der Waals surface area (Å²) >= 11 is 0. The number of benzene rings is 1. The number of rotatable bonds is 6. The molecule has 1 aliphatic rings.